The molecule has 0 aliphatic carbocycles. The van der Waals surface area contributed by atoms with Crippen LogP contribution in [0.4, 0.5) is 0 Å². The maximum Gasteiger partial charge on any atom is 0.148 e. The van der Waals surface area contributed by atoms with Gasteiger partial charge in [0.1, 0.15) is 9.84 Å². The fourth-order valence-electron chi connectivity index (χ4n) is 1.80. The highest BCUT2D eigenvalue weighted by Gasteiger charge is 2.07. The van der Waals surface area contributed by atoms with Crippen molar-refractivity contribution in [3.8, 4) is 6.07 Å². The summed E-state index contributed by atoms with van der Waals surface area (Å²) in [4.78, 5) is 1.01. The predicted octanol–water partition coefficient (Wildman–Crippen LogP) is 2.85. The molecule has 2 rings (SSSR count). The Kier molecular flexibility index (Phi) is 4.13. The maximum absolute atomic E-state index is 11.1. The van der Waals surface area contributed by atoms with Crippen molar-refractivity contribution in [3.05, 3.63) is 42.0 Å². The number of hydrogen-bond donors (Lipinski definition) is 0. The van der Waals surface area contributed by atoms with Gasteiger partial charge in [0, 0.05) is 22.3 Å². The second-order valence-electron chi connectivity index (χ2n) is 4.25. The van der Waals surface area contributed by atoms with Gasteiger partial charge >= 0.3 is 0 Å². The summed E-state index contributed by atoms with van der Waals surface area (Å²) in [5, 5.41) is 11.0. The second kappa shape index (κ2) is 5.64. The summed E-state index contributed by atoms with van der Waals surface area (Å²) in [7, 11) is -2.93. The van der Waals surface area contributed by atoms with Gasteiger partial charge in [0.25, 0.3) is 0 Å². The van der Waals surface area contributed by atoms with Crippen LogP contribution < -0.4 is 0 Å². The van der Waals surface area contributed by atoms with Crippen molar-refractivity contribution in [2.24, 2.45) is 0 Å². The summed E-state index contributed by atoms with van der Waals surface area (Å²) in [6.45, 7) is 0. The largest absolute Gasteiger partial charge is 0.229 e. The zero-order valence-corrected chi connectivity index (χ0v) is 12.1. The van der Waals surface area contributed by atoms with Gasteiger partial charge in [-0.1, -0.05) is 24.3 Å². The number of benzene rings is 2. The number of sulfone groups is 1. The normalized spacial score (nSPS) is 11.4. The van der Waals surface area contributed by atoms with Gasteiger partial charge in [-0.25, -0.2) is 8.42 Å². The average molecular weight is 291 g/mol. The van der Waals surface area contributed by atoms with Crippen molar-refractivity contribution in [1.82, 2.24) is 0 Å². The molecule has 0 saturated carbocycles. The zero-order chi connectivity index (χ0) is 13.9. The van der Waals surface area contributed by atoms with Gasteiger partial charge in [0.15, 0.2) is 0 Å². The summed E-state index contributed by atoms with van der Waals surface area (Å²) < 4.78 is 22.3. The molecule has 0 spiro atoms. The first-order chi connectivity index (χ1) is 9.01. The third kappa shape index (κ3) is 3.49. The highest BCUT2D eigenvalue weighted by molar-refractivity contribution is 8.00. The monoisotopic (exact) mass is 291 g/mol. The van der Waals surface area contributed by atoms with E-state index in [4.69, 9.17) is 5.26 Å². The van der Waals surface area contributed by atoms with Gasteiger partial charge in [0.2, 0.25) is 0 Å². The second-order valence-corrected chi connectivity index (χ2v) is 7.64. The Morgan fingerprint density at radius 3 is 2.47 bits per heavy atom. The number of thioether (sulfide) groups is 1. The molecule has 0 aliphatic heterocycles. The SMILES string of the molecule is CS(=O)(=O)CCSc1ccc(C#N)c2ccccc12. The van der Waals surface area contributed by atoms with Crippen molar-refractivity contribution in [1.29, 1.82) is 5.26 Å². The van der Waals surface area contributed by atoms with E-state index in [1.54, 1.807) is 6.07 Å². The van der Waals surface area contributed by atoms with Gasteiger partial charge < -0.3 is 0 Å². The van der Waals surface area contributed by atoms with Crippen molar-refractivity contribution >= 4 is 32.4 Å². The molecule has 2 aromatic rings. The van der Waals surface area contributed by atoms with E-state index >= 15 is 0 Å². The molecule has 0 unspecified atom stereocenters. The number of nitrogens with zero attached hydrogens (tertiary/aromatic N) is 1. The minimum Gasteiger partial charge on any atom is -0.229 e. The molecule has 0 N–H and O–H groups in total. The van der Waals surface area contributed by atoms with E-state index in [9.17, 15) is 8.42 Å². The number of hydrogen-bond acceptors (Lipinski definition) is 4. The molecule has 0 heterocycles. The molecule has 0 bridgehead atoms. The lowest BCUT2D eigenvalue weighted by Gasteiger charge is -2.07. The molecular weight excluding hydrogens is 278 g/mol. The Morgan fingerprint density at radius 2 is 1.84 bits per heavy atom. The van der Waals surface area contributed by atoms with Crippen molar-refractivity contribution < 1.29 is 8.42 Å². The Bertz CT molecular complexity index is 746. The highest BCUT2D eigenvalue weighted by Crippen LogP contribution is 2.30. The molecule has 0 radical (unpaired) electrons. The molecule has 5 heteroatoms. The summed E-state index contributed by atoms with van der Waals surface area (Å²) in [6.07, 6.45) is 1.24. The highest BCUT2D eigenvalue weighted by atomic mass is 32.2. The topological polar surface area (TPSA) is 57.9 Å². The lowest BCUT2D eigenvalue weighted by atomic mass is 10.1. The Morgan fingerprint density at radius 1 is 1.16 bits per heavy atom. The molecule has 0 aliphatic rings. The van der Waals surface area contributed by atoms with Crippen LogP contribution in [0.5, 0.6) is 0 Å². The van der Waals surface area contributed by atoms with E-state index in [0.29, 0.717) is 11.3 Å². The van der Waals surface area contributed by atoms with Gasteiger partial charge in [0.05, 0.1) is 17.4 Å². The quantitative estimate of drug-likeness (QED) is 0.813. The van der Waals surface area contributed by atoms with E-state index < -0.39 is 9.84 Å². The van der Waals surface area contributed by atoms with Crippen molar-refractivity contribution in [2.45, 2.75) is 4.90 Å². The van der Waals surface area contributed by atoms with Crippen LogP contribution in [0.3, 0.4) is 0 Å². The minimum atomic E-state index is -2.93. The number of nitriles is 1. The van der Waals surface area contributed by atoms with Crippen LogP contribution in [0, 0.1) is 11.3 Å². The van der Waals surface area contributed by atoms with Crippen LogP contribution in [0.2, 0.25) is 0 Å². The van der Waals surface area contributed by atoms with E-state index in [0.717, 1.165) is 15.7 Å². The lowest BCUT2D eigenvalue weighted by molar-refractivity contribution is 0.603. The third-order valence-electron chi connectivity index (χ3n) is 2.72. The molecule has 19 heavy (non-hydrogen) atoms. The van der Waals surface area contributed by atoms with Crippen LogP contribution >= 0.6 is 11.8 Å². The van der Waals surface area contributed by atoms with Crippen molar-refractivity contribution in [2.75, 3.05) is 17.8 Å². The van der Waals surface area contributed by atoms with Crippen LogP contribution in [0.1, 0.15) is 5.56 Å². The molecule has 0 amide bonds. The lowest BCUT2D eigenvalue weighted by Crippen LogP contribution is -2.04. The standard InChI is InChI=1S/C14H13NO2S2/c1-19(16,17)9-8-18-14-7-6-11(10-15)12-4-2-3-5-13(12)14/h2-7H,8-9H2,1H3. The van der Waals surface area contributed by atoms with Crippen LogP contribution in [-0.4, -0.2) is 26.2 Å². The first-order valence-electron chi connectivity index (χ1n) is 5.73. The first kappa shape index (κ1) is 13.9. The molecule has 98 valence electrons. The molecule has 2 aromatic carbocycles. The minimum absolute atomic E-state index is 0.159. The summed E-state index contributed by atoms with van der Waals surface area (Å²) in [5.41, 5.74) is 0.642. The smallest absolute Gasteiger partial charge is 0.148 e. The third-order valence-corrected chi connectivity index (χ3v) is 5.00. The fraction of sp³-hybridized carbons (Fsp3) is 0.214. The first-order valence-corrected chi connectivity index (χ1v) is 8.78. The Balaban J connectivity index is 2.33. The van der Waals surface area contributed by atoms with Gasteiger partial charge in [-0.2, -0.15) is 5.26 Å². The molecule has 3 nitrogen and oxygen atoms in total. The Hall–Kier alpha value is -1.51. The van der Waals surface area contributed by atoms with Gasteiger partial charge in [-0.3, -0.25) is 0 Å². The van der Waals surface area contributed by atoms with Gasteiger partial charge in [-0.05, 0) is 17.5 Å². The van der Waals surface area contributed by atoms with E-state index in [1.165, 1.54) is 18.0 Å². The molecule has 0 aromatic heterocycles. The predicted molar refractivity (Wildman–Crippen MR) is 79.1 cm³/mol. The van der Waals surface area contributed by atoms with Crippen LogP contribution in [0.15, 0.2) is 41.3 Å². The zero-order valence-electron chi connectivity index (χ0n) is 10.5. The summed E-state index contributed by atoms with van der Waals surface area (Å²) in [6, 6.07) is 13.5. The van der Waals surface area contributed by atoms with Crippen molar-refractivity contribution in [3.63, 3.8) is 0 Å². The molecule has 0 saturated heterocycles. The van der Waals surface area contributed by atoms with E-state index in [1.807, 2.05) is 30.3 Å². The van der Waals surface area contributed by atoms with E-state index in [-0.39, 0.29) is 5.75 Å². The van der Waals surface area contributed by atoms with Crippen LogP contribution in [-0.2, 0) is 9.84 Å². The van der Waals surface area contributed by atoms with Crippen LogP contribution in [0.25, 0.3) is 10.8 Å². The summed E-state index contributed by atoms with van der Waals surface area (Å²) in [5.74, 6) is 0.681. The molecule has 0 fully saturated rings. The number of fused-ring (bicyclic) bond motifs is 1. The summed E-state index contributed by atoms with van der Waals surface area (Å²) >= 11 is 1.51. The average Bonchev–Trinajstić information content (AvgIpc) is 2.37. The van der Waals surface area contributed by atoms with Gasteiger partial charge in [-0.15, -0.1) is 11.8 Å². The number of rotatable bonds is 4. The molecular formula is C14H13NO2S2. The molecule has 0 atom stereocenters. The van der Waals surface area contributed by atoms with E-state index in [2.05, 4.69) is 6.07 Å². The fourth-order valence-corrected chi connectivity index (χ4v) is 4.06. The Labute approximate surface area is 117 Å². The maximum atomic E-state index is 11.1.